The Morgan fingerprint density at radius 2 is 1.70 bits per heavy atom. The zero-order valence-electron chi connectivity index (χ0n) is 24.4. The van der Waals surface area contributed by atoms with Crippen LogP contribution in [0.4, 0.5) is 23.2 Å². The van der Waals surface area contributed by atoms with Crippen LogP contribution in [0.25, 0.3) is 11.4 Å². The molecule has 2 amide bonds. The standard InChI is InChI=1S/C25H20F4N8O2.C3H8.CH4S/c1-12-6-13(2-5-16(12)26)9-31-22(38)18-8-19(33-11-32-18)23(39)34-20-10-30-17-7-14(3-4-15(17)20)21-35-24(37-36-21)25(27,28)29;1-3-2;1-2/h2-8,11,20,30H,9-10H2,1H3,(H,31,38)(H,34,39)(H,35,36,37);3H2,1-2H3;2H,1H3. The molecule has 44 heavy (non-hydrogen) atoms. The predicted molar refractivity (Wildman–Crippen MR) is 161 cm³/mol. The van der Waals surface area contributed by atoms with E-state index in [2.05, 4.69) is 62.5 Å². The summed E-state index contributed by atoms with van der Waals surface area (Å²) in [6, 6.07) is 10.1. The lowest BCUT2D eigenvalue weighted by atomic mass is 10.1. The number of amides is 2. The second-order valence-corrected chi connectivity index (χ2v) is 9.48. The van der Waals surface area contributed by atoms with E-state index in [1.54, 1.807) is 43.5 Å². The van der Waals surface area contributed by atoms with Crippen molar-refractivity contribution in [2.75, 3.05) is 18.1 Å². The molecule has 1 unspecified atom stereocenters. The first-order valence-electron chi connectivity index (χ1n) is 13.5. The lowest BCUT2D eigenvalue weighted by Crippen LogP contribution is -2.31. The van der Waals surface area contributed by atoms with Crippen molar-refractivity contribution in [3.05, 3.63) is 88.5 Å². The molecule has 0 radical (unpaired) electrons. The molecule has 1 aliphatic rings. The number of aromatic nitrogens is 5. The number of benzene rings is 2. The van der Waals surface area contributed by atoms with Gasteiger partial charge >= 0.3 is 6.18 Å². The van der Waals surface area contributed by atoms with Crippen molar-refractivity contribution < 1.29 is 27.2 Å². The summed E-state index contributed by atoms with van der Waals surface area (Å²) in [6.45, 7) is 6.34. The van der Waals surface area contributed by atoms with Crippen molar-refractivity contribution in [3.8, 4) is 11.4 Å². The highest BCUT2D eigenvalue weighted by Gasteiger charge is 2.35. The number of rotatable bonds is 6. The summed E-state index contributed by atoms with van der Waals surface area (Å²) in [5, 5.41) is 14.1. The topological polar surface area (TPSA) is 138 Å². The van der Waals surface area contributed by atoms with E-state index in [0.717, 1.165) is 6.33 Å². The van der Waals surface area contributed by atoms with Crippen molar-refractivity contribution in [2.45, 2.75) is 46.0 Å². The number of nitrogens with one attached hydrogen (secondary N) is 4. The van der Waals surface area contributed by atoms with E-state index in [4.69, 9.17) is 0 Å². The van der Waals surface area contributed by atoms with Gasteiger partial charge in [0, 0.05) is 30.4 Å². The van der Waals surface area contributed by atoms with Gasteiger partial charge in [-0.15, -0.1) is 0 Å². The first-order valence-corrected chi connectivity index (χ1v) is 14.4. The molecule has 2 aromatic carbocycles. The molecule has 0 spiro atoms. The number of H-pyrrole nitrogens is 1. The SMILES string of the molecule is CCC.CS.Cc1cc(CNC(=O)c2cc(C(=O)NC3CNc4cc(-c5n[nH]c(C(F)(F)F)n5)ccc43)ncn2)ccc1F. The lowest BCUT2D eigenvalue weighted by Gasteiger charge is -2.13. The van der Waals surface area contributed by atoms with Gasteiger partial charge in [-0.2, -0.15) is 30.9 Å². The molecule has 4 N–H and O–H groups in total. The van der Waals surface area contributed by atoms with Crippen molar-refractivity contribution in [1.29, 1.82) is 0 Å². The summed E-state index contributed by atoms with van der Waals surface area (Å²) in [5.74, 6) is -2.73. The molecule has 0 fully saturated rings. The number of alkyl halides is 3. The average molecular weight is 633 g/mol. The molecule has 15 heteroatoms. The van der Waals surface area contributed by atoms with Crippen molar-refractivity contribution in [2.24, 2.45) is 0 Å². The smallest absolute Gasteiger partial charge is 0.382 e. The van der Waals surface area contributed by atoms with E-state index >= 15 is 0 Å². The Morgan fingerprint density at radius 1 is 1.02 bits per heavy atom. The van der Waals surface area contributed by atoms with E-state index in [0.29, 0.717) is 34.5 Å². The van der Waals surface area contributed by atoms with Crippen LogP contribution in [0.15, 0.2) is 48.8 Å². The molecular formula is C29H32F4N8O2S. The average Bonchev–Trinajstić information content (AvgIpc) is 3.67. The normalized spacial score (nSPS) is 13.3. The molecule has 1 atom stereocenters. The van der Waals surface area contributed by atoms with E-state index in [9.17, 15) is 27.2 Å². The fourth-order valence-electron chi connectivity index (χ4n) is 4.05. The third kappa shape index (κ3) is 8.52. The number of thiol groups is 1. The Kier molecular flexibility index (Phi) is 11.8. The number of aromatic amines is 1. The summed E-state index contributed by atoms with van der Waals surface area (Å²) >= 11 is 3.53. The minimum atomic E-state index is -4.64. The van der Waals surface area contributed by atoms with Crippen LogP contribution in [-0.2, 0) is 12.7 Å². The van der Waals surface area contributed by atoms with E-state index in [-0.39, 0.29) is 29.6 Å². The Labute approximate surface area is 256 Å². The van der Waals surface area contributed by atoms with Crippen LogP contribution in [-0.4, -0.2) is 49.8 Å². The molecule has 4 aromatic rings. The minimum Gasteiger partial charge on any atom is -0.382 e. The number of hydrogen-bond acceptors (Lipinski definition) is 8. The Morgan fingerprint density at radius 3 is 2.34 bits per heavy atom. The number of nitrogens with zero attached hydrogens (tertiary/aromatic N) is 4. The van der Waals surface area contributed by atoms with Gasteiger partial charge in [-0.1, -0.05) is 44.5 Å². The van der Waals surface area contributed by atoms with Crippen molar-refractivity contribution in [1.82, 2.24) is 35.8 Å². The van der Waals surface area contributed by atoms with Crippen LogP contribution in [0.2, 0.25) is 0 Å². The molecule has 0 aliphatic carbocycles. The summed E-state index contributed by atoms with van der Waals surface area (Å²) in [5.41, 5.74) is 2.79. The molecule has 2 aromatic heterocycles. The number of fused-ring (bicyclic) bond motifs is 1. The van der Waals surface area contributed by atoms with Gasteiger partial charge in [-0.3, -0.25) is 14.7 Å². The highest BCUT2D eigenvalue weighted by atomic mass is 32.1. The van der Waals surface area contributed by atoms with Gasteiger partial charge in [0.2, 0.25) is 5.82 Å². The van der Waals surface area contributed by atoms with E-state index in [1.165, 1.54) is 18.6 Å². The van der Waals surface area contributed by atoms with Gasteiger partial charge in [-0.25, -0.2) is 19.3 Å². The Hall–Kier alpha value is -4.53. The van der Waals surface area contributed by atoms with Crippen LogP contribution in [0, 0.1) is 12.7 Å². The van der Waals surface area contributed by atoms with Crippen LogP contribution >= 0.6 is 12.6 Å². The van der Waals surface area contributed by atoms with Crippen LogP contribution in [0.5, 0.6) is 0 Å². The summed E-state index contributed by atoms with van der Waals surface area (Å²) in [4.78, 5) is 36.8. The molecule has 0 saturated heterocycles. The van der Waals surface area contributed by atoms with Gasteiger partial charge in [-0.05, 0) is 42.0 Å². The number of aryl methyl sites for hydroxylation is 1. The fourth-order valence-corrected chi connectivity index (χ4v) is 4.05. The zero-order chi connectivity index (χ0) is 32.4. The molecule has 234 valence electrons. The summed E-state index contributed by atoms with van der Waals surface area (Å²) in [7, 11) is 0. The molecule has 0 bridgehead atoms. The largest absolute Gasteiger partial charge is 0.451 e. The molecule has 10 nitrogen and oxygen atoms in total. The second kappa shape index (κ2) is 15.3. The second-order valence-electron chi connectivity index (χ2n) is 9.48. The maximum Gasteiger partial charge on any atom is 0.451 e. The number of hydrogen-bond donors (Lipinski definition) is 5. The maximum atomic E-state index is 13.4. The third-order valence-corrected chi connectivity index (χ3v) is 6.05. The van der Waals surface area contributed by atoms with Crippen molar-refractivity contribution in [3.63, 3.8) is 0 Å². The Balaban J connectivity index is 0.000000997. The minimum absolute atomic E-state index is 0.0201. The van der Waals surface area contributed by atoms with Crippen LogP contribution < -0.4 is 16.0 Å². The van der Waals surface area contributed by atoms with Gasteiger partial charge in [0.05, 0.1) is 6.04 Å². The van der Waals surface area contributed by atoms with Gasteiger partial charge in [0.1, 0.15) is 23.5 Å². The number of halogens is 4. The monoisotopic (exact) mass is 632 g/mol. The molecule has 0 saturated carbocycles. The predicted octanol–water partition coefficient (Wildman–Crippen LogP) is 5.52. The highest BCUT2D eigenvalue weighted by Crippen LogP contribution is 2.34. The van der Waals surface area contributed by atoms with Crippen molar-refractivity contribution >= 4 is 30.1 Å². The van der Waals surface area contributed by atoms with Crippen LogP contribution in [0.3, 0.4) is 0 Å². The third-order valence-electron chi connectivity index (χ3n) is 6.05. The number of carbonyl (C=O) groups excluding carboxylic acids is 2. The fraction of sp³-hybridized carbons (Fsp3) is 0.310. The Bertz CT molecular complexity index is 1600. The maximum absolute atomic E-state index is 13.4. The van der Waals surface area contributed by atoms with E-state index < -0.39 is 29.9 Å². The van der Waals surface area contributed by atoms with Gasteiger partial charge < -0.3 is 16.0 Å². The number of anilines is 1. The van der Waals surface area contributed by atoms with Gasteiger partial charge in [0.15, 0.2) is 5.82 Å². The first kappa shape index (κ1) is 34.0. The molecular weight excluding hydrogens is 600 g/mol. The van der Waals surface area contributed by atoms with Gasteiger partial charge in [0.25, 0.3) is 11.8 Å². The quantitative estimate of drug-likeness (QED) is 0.140. The molecule has 5 rings (SSSR count). The molecule has 1 aliphatic heterocycles. The highest BCUT2D eigenvalue weighted by molar-refractivity contribution is 7.79. The number of carbonyl (C=O) groups is 2. The zero-order valence-corrected chi connectivity index (χ0v) is 25.3. The lowest BCUT2D eigenvalue weighted by molar-refractivity contribution is -0.144. The summed E-state index contributed by atoms with van der Waals surface area (Å²) in [6.07, 6.45) is -0.593. The summed E-state index contributed by atoms with van der Waals surface area (Å²) < 4.78 is 51.9. The first-order chi connectivity index (χ1) is 21.0. The molecule has 3 heterocycles. The van der Waals surface area contributed by atoms with Crippen LogP contribution in [0.1, 0.15) is 69.8 Å². The van der Waals surface area contributed by atoms with E-state index in [1.807, 2.05) is 5.10 Å².